The zero-order valence-corrected chi connectivity index (χ0v) is 10.5. The highest BCUT2D eigenvalue weighted by Crippen LogP contribution is 2.49. The Morgan fingerprint density at radius 3 is 2.06 bits per heavy atom. The van der Waals surface area contributed by atoms with Crippen LogP contribution >= 0.6 is 0 Å². The second-order valence-electron chi connectivity index (χ2n) is 6.62. The summed E-state index contributed by atoms with van der Waals surface area (Å²) >= 11 is 0. The van der Waals surface area contributed by atoms with Crippen LogP contribution in [0, 0.1) is 23.7 Å². The van der Waals surface area contributed by atoms with Crippen molar-refractivity contribution in [2.24, 2.45) is 29.4 Å². The predicted octanol–water partition coefficient (Wildman–Crippen LogP) is 2.14. The second kappa shape index (κ2) is 3.99. The van der Waals surface area contributed by atoms with Gasteiger partial charge in [0.05, 0.1) is 0 Å². The van der Waals surface area contributed by atoms with Crippen LogP contribution in [0.2, 0.25) is 0 Å². The number of hydrogen-bond donors (Lipinski definition) is 2. The molecule has 2 heteroatoms. The van der Waals surface area contributed by atoms with E-state index in [2.05, 4.69) is 12.2 Å². The zero-order valence-electron chi connectivity index (χ0n) is 10.5. The normalized spacial score (nSPS) is 29.4. The molecule has 0 amide bonds. The van der Waals surface area contributed by atoms with E-state index in [9.17, 15) is 0 Å². The first-order valence-electron chi connectivity index (χ1n) is 7.18. The molecule has 92 valence electrons. The molecule has 3 fully saturated rings. The van der Waals surface area contributed by atoms with Gasteiger partial charge in [0.25, 0.3) is 0 Å². The van der Waals surface area contributed by atoms with Crippen LogP contribution < -0.4 is 11.1 Å². The van der Waals surface area contributed by atoms with E-state index in [1.807, 2.05) is 0 Å². The SMILES string of the molecule is CC(CN)(NCC(C1CC1)C1CC1)C1CC1. The van der Waals surface area contributed by atoms with Gasteiger partial charge < -0.3 is 11.1 Å². The Morgan fingerprint density at radius 2 is 1.69 bits per heavy atom. The van der Waals surface area contributed by atoms with Crippen molar-refractivity contribution in [1.29, 1.82) is 0 Å². The average Bonchev–Trinajstić information content (AvgIpc) is 3.16. The number of rotatable bonds is 7. The predicted molar refractivity (Wildman–Crippen MR) is 67.1 cm³/mol. The van der Waals surface area contributed by atoms with Crippen LogP contribution in [0.5, 0.6) is 0 Å². The lowest BCUT2D eigenvalue weighted by atomic mass is 9.92. The zero-order chi connectivity index (χ0) is 11.2. The Hall–Kier alpha value is -0.0800. The third kappa shape index (κ3) is 2.28. The van der Waals surface area contributed by atoms with E-state index in [1.165, 1.54) is 45.1 Å². The van der Waals surface area contributed by atoms with Gasteiger partial charge in [0.1, 0.15) is 0 Å². The lowest BCUT2D eigenvalue weighted by molar-refractivity contribution is 0.270. The van der Waals surface area contributed by atoms with Gasteiger partial charge in [-0.1, -0.05) is 0 Å². The summed E-state index contributed by atoms with van der Waals surface area (Å²) in [6.45, 7) is 4.38. The minimum Gasteiger partial charge on any atom is -0.329 e. The van der Waals surface area contributed by atoms with E-state index in [4.69, 9.17) is 5.73 Å². The molecular formula is C14H26N2. The quantitative estimate of drug-likeness (QED) is 0.692. The van der Waals surface area contributed by atoms with Crippen molar-refractivity contribution in [2.75, 3.05) is 13.1 Å². The molecule has 3 aliphatic rings. The fourth-order valence-electron chi connectivity index (χ4n) is 3.22. The van der Waals surface area contributed by atoms with Gasteiger partial charge in [-0.05, 0) is 75.7 Å². The maximum atomic E-state index is 5.96. The molecule has 3 rings (SSSR count). The van der Waals surface area contributed by atoms with Gasteiger partial charge in [-0.2, -0.15) is 0 Å². The summed E-state index contributed by atoms with van der Waals surface area (Å²) in [5, 5.41) is 3.83. The smallest absolute Gasteiger partial charge is 0.0304 e. The summed E-state index contributed by atoms with van der Waals surface area (Å²) in [6, 6.07) is 0. The van der Waals surface area contributed by atoms with Crippen LogP contribution in [0.25, 0.3) is 0 Å². The Bertz CT molecular complexity index is 241. The van der Waals surface area contributed by atoms with Gasteiger partial charge in [0, 0.05) is 12.1 Å². The molecular weight excluding hydrogens is 196 g/mol. The van der Waals surface area contributed by atoms with Gasteiger partial charge >= 0.3 is 0 Å². The minimum atomic E-state index is 0.238. The Morgan fingerprint density at radius 1 is 1.12 bits per heavy atom. The van der Waals surface area contributed by atoms with Crippen molar-refractivity contribution in [3.8, 4) is 0 Å². The fraction of sp³-hybridized carbons (Fsp3) is 1.00. The van der Waals surface area contributed by atoms with Gasteiger partial charge in [0.2, 0.25) is 0 Å². The van der Waals surface area contributed by atoms with Crippen LogP contribution in [0.15, 0.2) is 0 Å². The molecule has 0 heterocycles. The maximum Gasteiger partial charge on any atom is 0.0304 e. The first-order chi connectivity index (χ1) is 7.73. The highest BCUT2D eigenvalue weighted by Gasteiger charge is 2.44. The van der Waals surface area contributed by atoms with Gasteiger partial charge in [-0.15, -0.1) is 0 Å². The largest absolute Gasteiger partial charge is 0.329 e. The van der Waals surface area contributed by atoms with Crippen LogP contribution in [-0.4, -0.2) is 18.6 Å². The highest BCUT2D eigenvalue weighted by atomic mass is 15.0. The topological polar surface area (TPSA) is 38.0 Å². The lowest BCUT2D eigenvalue weighted by Crippen LogP contribution is -2.52. The Kier molecular flexibility index (Phi) is 2.75. The minimum absolute atomic E-state index is 0.238. The van der Waals surface area contributed by atoms with Crippen LogP contribution in [-0.2, 0) is 0 Å². The molecule has 3 aliphatic carbocycles. The molecule has 0 radical (unpaired) electrons. The molecule has 0 aromatic heterocycles. The molecule has 0 aliphatic heterocycles. The summed E-state index contributed by atoms with van der Waals surface area (Å²) in [4.78, 5) is 0. The summed E-state index contributed by atoms with van der Waals surface area (Å²) in [6.07, 6.45) is 8.74. The van der Waals surface area contributed by atoms with Gasteiger partial charge in [0.15, 0.2) is 0 Å². The summed E-state index contributed by atoms with van der Waals surface area (Å²) < 4.78 is 0. The molecule has 0 aromatic rings. The molecule has 3 N–H and O–H groups in total. The average molecular weight is 222 g/mol. The maximum absolute atomic E-state index is 5.96. The molecule has 3 saturated carbocycles. The number of hydrogen-bond acceptors (Lipinski definition) is 2. The standard InChI is InChI=1S/C14H26N2/c1-14(9-15,12-6-7-12)16-8-13(10-2-3-10)11-4-5-11/h10-13,16H,2-9,15H2,1H3. The fourth-order valence-corrected chi connectivity index (χ4v) is 3.22. The van der Waals surface area contributed by atoms with Crippen molar-refractivity contribution in [3.05, 3.63) is 0 Å². The van der Waals surface area contributed by atoms with Crippen LogP contribution in [0.4, 0.5) is 0 Å². The third-order valence-corrected chi connectivity index (χ3v) is 5.10. The molecule has 0 bridgehead atoms. The van der Waals surface area contributed by atoms with Crippen molar-refractivity contribution in [1.82, 2.24) is 5.32 Å². The van der Waals surface area contributed by atoms with Crippen molar-refractivity contribution >= 4 is 0 Å². The van der Waals surface area contributed by atoms with E-state index in [0.29, 0.717) is 0 Å². The molecule has 0 spiro atoms. The first-order valence-corrected chi connectivity index (χ1v) is 7.18. The summed E-state index contributed by atoms with van der Waals surface area (Å²) in [5.74, 6) is 3.95. The van der Waals surface area contributed by atoms with Gasteiger partial charge in [-0.3, -0.25) is 0 Å². The number of nitrogens with two attached hydrogens (primary N) is 1. The van der Waals surface area contributed by atoms with Crippen molar-refractivity contribution < 1.29 is 0 Å². The molecule has 1 unspecified atom stereocenters. The summed E-state index contributed by atoms with van der Waals surface area (Å²) in [7, 11) is 0. The monoisotopic (exact) mass is 222 g/mol. The van der Waals surface area contributed by atoms with Crippen molar-refractivity contribution in [3.63, 3.8) is 0 Å². The van der Waals surface area contributed by atoms with Crippen molar-refractivity contribution in [2.45, 2.75) is 51.0 Å². The molecule has 0 aromatic carbocycles. The van der Waals surface area contributed by atoms with E-state index in [1.54, 1.807) is 0 Å². The molecule has 0 saturated heterocycles. The van der Waals surface area contributed by atoms with E-state index >= 15 is 0 Å². The molecule has 16 heavy (non-hydrogen) atoms. The Labute approximate surface area is 99.4 Å². The lowest BCUT2D eigenvalue weighted by Gasteiger charge is -2.32. The molecule has 1 atom stereocenters. The van der Waals surface area contributed by atoms with E-state index in [-0.39, 0.29) is 5.54 Å². The van der Waals surface area contributed by atoms with Crippen LogP contribution in [0.3, 0.4) is 0 Å². The number of nitrogens with one attached hydrogen (secondary N) is 1. The molecule has 2 nitrogen and oxygen atoms in total. The van der Waals surface area contributed by atoms with E-state index < -0.39 is 0 Å². The highest BCUT2D eigenvalue weighted by molar-refractivity contribution is 5.00. The Balaban J connectivity index is 1.52. The van der Waals surface area contributed by atoms with Gasteiger partial charge in [-0.25, -0.2) is 0 Å². The third-order valence-electron chi connectivity index (χ3n) is 5.10. The second-order valence-corrected chi connectivity index (χ2v) is 6.62. The first kappa shape index (κ1) is 11.0. The van der Waals surface area contributed by atoms with E-state index in [0.717, 1.165) is 30.2 Å². The van der Waals surface area contributed by atoms with Crippen LogP contribution in [0.1, 0.15) is 45.4 Å². The summed E-state index contributed by atoms with van der Waals surface area (Å²) in [5.41, 5.74) is 6.19.